The minimum Gasteiger partial charge on any atom is -0.512 e. The third-order valence-electron chi connectivity index (χ3n) is 12.9. The van der Waals surface area contributed by atoms with Gasteiger partial charge in [-0.25, -0.2) is 0 Å². The van der Waals surface area contributed by atoms with Crippen LogP contribution in [0.2, 0.25) is 0 Å². The normalized spacial score (nSPS) is 11.0. The summed E-state index contributed by atoms with van der Waals surface area (Å²) in [6.07, 6.45) is 3.92. The van der Waals surface area contributed by atoms with E-state index in [4.69, 9.17) is 26.6 Å². The number of nitriles is 1. The zero-order valence-electron chi connectivity index (χ0n) is 47.8. The molecule has 0 aliphatic rings. The number of aliphatic hydroxyl groups is 1. The standard InChI is InChI=1S/C27H18N4.C21H17F3N6.C15H10N.C5H8O2.Ir.2Pt/c1-27(2,25-14-6-12-23(30-25)20-9-4-8-19(16-20)18-28)26-15-7-13-24(31-26)21-10-5-11-22(17-21)29-3;1-14-10-12-29(27-14)18-8-4-6-15(25-18)20(2,3)16-7-5-9-19(26-16)30-13-11-17(28-30)21(22,23)24;1-2-8-13-12(6-1)7-5-9-14(13)15-10-3-4-11-16-15;1-4(6)3-5(2)7;;;/h4-8,11-17H,1-2H3;4-11H,1-3H3;1-8,10-11H;3,6H,1-2H3;;;/q2*-2;-1;;;2*+2. The number of halogens is 3. The number of nitrogens with zero attached hydrogens (tertiary/aromatic N) is 11. The van der Waals surface area contributed by atoms with Crippen LogP contribution in [0, 0.1) is 55.4 Å². The molecule has 4 aromatic carbocycles. The van der Waals surface area contributed by atoms with E-state index in [0.717, 1.165) is 67.3 Å². The van der Waals surface area contributed by atoms with Crippen LogP contribution in [0.4, 0.5) is 18.9 Å². The summed E-state index contributed by atoms with van der Waals surface area (Å²) in [5, 5.41) is 27.8. The number of alkyl halides is 3. The van der Waals surface area contributed by atoms with Gasteiger partial charge in [0.1, 0.15) is 5.69 Å². The van der Waals surface area contributed by atoms with E-state index in [1.54, 1.807) is 65.3 Å². The Morgan fingerprint density at radius 1 is 0.632 bits per heavy atom. The molecule has 0 fully saturated rings. The second kappa shape index (κ2) is 31.1. The molecule has 11 aromatic rings. The first kappa shape index (κ1) is 69.1. The molecule has 0 spiro atoms. The number of carbonyl (C=O) groups is 1. The maximum atomic E-state index is 12.9. The number of ketones is 1. The van der Waals surface area contributed by atoms with Crippen molar-refractivity contribution < 1.29 is 85.3 Å². The Bertz CT molecular complexity index is 4120. The summed E-state index contributed by atoms with van der Waals surface area (Å²) in [6.45, 7) is 20.0. The predicted molar refractivity (Wildman–Crippen MR) is 315 cm³/mol. The first-order chi connectivity index (χ1) is 40.2. The van der Waals surface area contributed by atoms with E-state index in [1.807, 2.05) is 118 Å². The van der Waals surface area contributed by atoms with Crippen molar-refractivity contribution in [2.75, 3.05) is 0 Å². The summed E-state index contributed by atoms with van der Waals surface area (Å²) < 4.78 is 41.1. The molecule has 7 aromatic heterocycles. The van der Waals surface area contributed by atoms with Gasteiger partial charge in [-0.1, -0.05) is 110 Å². The van der Waals surface area contributed by atoms with Crippen molar-refractivity contribution in [1.29, 1.82) is 5.26 Å². The van der Waals surface area contributed by atoms with E-state index < -0.39 is 22.7 Å². The summed E-state index contributed by atoms with van der Waals surface area (Å²) in [7, 11) is 0. The molecule has 7 heterocycles. The Morgan fingerprint density at radius 3 is 1.66 bits per heavy atom. The van der Waals surface area contributed by atoms with Crippen molar-refractivity contribution in [3.8, 4) is 51.5 Å². The largest absolute Gasteiger partial charge is 2.00 e. The van der Waals surface area contributed by atoms with Crippen molar-refractivity contribution in [2.24, 2.45) is 0 Å². The van der Waals surface area contributed by atoms with Gasteiger partial charge in [0.05, 0.1) is 35.7 Å². The molecule has 0 bridgehead atoms. The van der Waals surface area contributed by atoms with Gasteiger partial charge in [-0.3, -0.25) is 29.8 Å². The molecule has 0 atom stereocenters. The van der Waals surface area contributed by atoms with Gasteiger partial charge < -0.3 is 29.4 Å². The third kappa shape index (κ3) is 17.9. The molecular formula is C68H53F3IrN11O2Pt2-. The number of hydrogen-bond acceptors (Lipinski definition) is 10. The molecule has 1 radical (unpaired) electrons. The van der Waals surface area contributed by atoms with Crippen LogP contribution in [-0.4, -0.2) is 55.4 Å². The minimum absolute atomic E-state index is 0. The van der Waals surface area contributed by atoms with Gasteiger partial charge in [0.2, 0.25) is 0 Å². The Kier molecular flexibility index (Phi) is 24.7. The average Bonchev–Trinajstić information content (AvgIpc) is 1.74. The number of benzene rings is 4. The summed E-state index contributed by atoms with van der Waals surface area (Å²) in [5.74, 6) is 0.788. The number of aromatic nitrogens is 9. The molecule has 443 valence electrons. The second-order valence-electron chi connectivity index (χ2n) is 19.9. The second-order valence-corrected chi connectivity index (χ2v) is 19.9. The van der Waals surface area contributed by atoms with Crippen molar-refractivity contribution in [3.63, 3.8) is 0 Å². The molecule has 0 aliphatic heterocycles. The molecule has 11 rings (SSSR count). The van der Waals surface area contributed by atoms with Crippen LogP contribution in [0.1, 0.15) is 81.3 Å². The molecule has 13 nitrogen and oxygen atoms in total. The number of pyridine rings is 5. The molecule has 1 N–H and O–H groups in total. The van der Waals surface area contributed by atoms with Gasteiger partial charge in [-0.15, -0.1) is 94.9 Å². The van der Waals surface area contributed by atoms with Gasteiger partial charge in [-0.05, 0) is 100 Å². The van der Waals surface area contributed by atoms with Crippen LogP contribution in [-0.2, 0) is 84.0 Å². The molecule has 0 saturated heterocycles. The molecular weight excluding hydrogens is 1640 g/mol. The fourth-order valence-corrected chi connectivity index (χ4v) is 8.47. The first-order valence-electron chi connectivity index (χ1n) is 26.1. The van der Waals surface area contributed by atoms with Crippen LogP contribution in [0.15, 0.2) is 194 Å². The number of aliphatic hydroxyl groups excluding tert-OH is 1. The van der Waals surface area contributed by atoms with Crippen LogP contribution in [0.25, 0.3) is 61.0 Å². The maximum Gasteiger partial charge on any atom is 2.00 e. The number of rotatable bonds is 10. The van der Waals surface area contributed by atoms with E-state index >= 15 is 0 Å². The first-order valence-corrected chi connectivity index (χ1v) is 26.1. The van der Waals surface area contributed by atoms with Gasteiger partial charge in [0.25, 0.3) is 0 Å². The summed E-state index contributed by atoms with van der Waals surface area (Å²) in [5.41, 5.74) is 8.07. The van der Waals surface area contributed by atoms with Gasteiger partial charge in [0.15, 0.2) is 5.78 Å². The molecule has 0 aliphatic carbocycles. The van der Waals surface area contributed by atoms with E-state index in [9.17, 15) is 23.2 Å². The van der Waals surface area contributed by atoms with E-state index in [0.29, 0.717) is 22.8 Å². The number of aryl methyl sites for hydroxylation is 1. The molecule has 0 unspecified atom stereocenters. The van der Waals surface area contributed by atoms with E-state index in [-0.39, 0.29) is 79.6 Å². The average molecular weight is 1700 g/mol. The Morgan fingerprint density at radius 2 is 1.15 bits per heavy atom. The van der Waals surface area contributed by atoms with Gasteiger partial charge in [-0.2, -0.15) is 24.5 Å². The topological polar surface area (TPSA) is 166 Å². The zero-order valence-corrected chi connectivity index (χ0v) is 54.7. The molecule has 0 saturated carbocycles. The summed E-state index contributed by atoms with van der Waals surface area (Å²) >= 11 is 0. The minimum atomic E-state index is -4.54. The number of hydrogen-bond donors (Lipinski definition) is 1. The number of allylic oxidation sites excluding steroid dienone is 2. The van der Waals surface area contributed by atoms with Crippen molar-refractivity contribution in [3.05, 3.63) is 276 Å². The molecule has 0 amide bonds. The van der Waals surface area contributed by atoms with Crippen LogP contribution in [0.5, 0.6) is 0 Å². The Labute approximate surface area is 545 Å². The van der Waals surface area contributed by atoms with Gasteiger partial charge >= 0.3 is 48.3 Å². The van der Waals surface area contributed by atoms with Crippen molar-refractivity contribution >= 4 is 22.2 Å². The van der Waals surface area contributed by atoms with Gasteiger partial charge in [0, 0.05) is 66.0 Å². The number of carbonyl (C=O) groups excluding carboxylic acids is 1. The molecule has 19 heteroatoms. The van der Waals surface area contributed by atoms with E-state index in [1.165, 1.54) is 30.7 Å². The summed E-state index contributed by atoms with van der Waals surface area (Å²) in [6, 6.07) is 65.5. The molecule has 87 heavy (non-hydrogen) atoms. The zero-order chi connectivity index (χ0) is 60.0. The fourth-order valence-electron chi connectivity index (χ4n) is 8.47. The van der Waals surface area contributed by atoms with Crippen molar-refractivity contribution in [1.82, 2.24) is 44.5 Å². The fraction of sp³-hybridized carbons (Fsp3) is 0.147. The van der Waals surface area contributed by atoms with E-state index in [2.05, 4.69) is 93.7 Å². The van der Waals surface area contributed by atoms with Crippen molar-refractivity contribution in [2.45, 2.75) is 65.5 Å². The van der Waals surface area contributed by atoms with Crippen LogP contribution in [0.3, 0.4) is 0 Å². The quantitative estimate of drug-likeness (QED) is 0.0791. The Balaban J connectivity index is 0.000000230. The SMILES string of the molecule is CC(=O)C=C(C)O.Cc1c[c-]n(-c2cccc(C(C)(C)c3cccc(-n4[c-]cc(C(F)(F)F)n4)n3)n2)n1.[C-]#[N+]c1cc[c-]c(-c2cccc(C(C)(C)c3cccc(-c4[c-]ccc(C#N)c4)n3)n2)c1.[Ir].[Pt+2].[Pt+2].[c-]1ccc2ccccc2c1-c1ccccn1. The monoisotopic (exact) mass is 1700 g/mol. The smallest absolute Gasteiger partial charge is 0.512 e. The number of fused-ring (bicyclic) bond motifs is 1. The predicted octanol–water partition coefficient (Wildman–Crippen LogP) is 15.0. The third-order valence-corrected chi connectivity index (χ3v) is 12.9. The maximum absolute atomic E-state index is 12.9. The van der Waals surface area contributed by atoms with Crippen LogP contribution < -0.4 is 0 Å². The Hall–Kier alpha value is -8.68. The summed E-state index contributed by atoms with van der Waals surface area (Å²) in [4.78, 5) is 36.8. The van der Waals surface area contributed by atoms with Crippen LogP contribution >= 0.6 is 0 Å².